The van der Waals surface area contributed by atoms with Crippen LogP contribution in [0.1, 0.15) is 58.9 Å². The second-order valence-corrected chi connectivity index (χ2v) is 11.9. The van der Waals surface area contributed by atoms with E-state index < -0.39 is 41.4 Å². The van der Waals surface area contributed by atoms with Crippen LogP contribution in [-0.2, 0) is 20.8 Å². The summed E-state index contributed by atoms with van der Waals surface area (Å²) in [5.74, 6) is -1.11. The summed E-state index contributed by atoms with van der Waals surface area (Å²) in [6.07, 6.45) is 1.52. The van der Waals surface area contributed by atoms with Crippen LogP contribution in [0.3, 0.4) is 0 Å². The molecule has 4 amide bonds. The molecule has 0 aliphatic carbocycles. The molecule has 216 valence electrons. The van der Waals surface area contributed by atoms with E-state index in [1.165, 1.54) is 0 Å². The van der Waals surface area contributed by atoms with Crippen LogP contribution >= 0.6 is 0 Å². The number of piperazine rings is 1. The number of hydrogen-bond donors (Lipinski definition) is 4. The zero-order valence-electron chi connectivity index (χ0n) is 23.6. The van der Waals surface area contributed by atoms with Gasteiger partial charge in [0, 0.05) is 56.8 Å². The number of carbonyl (C=O) groups excluding carboxylic acids is 3. The molecule has 6 N–H and O–H groups in total. The van der Waals surface area contributed by atoms with Crippen molar-refractivity contribution in [3.05, 3.63) is 29.8 Å². The van der Waals surface area contributed by atoms with Gasteiger partial charge in [0.15, 0.2) is 0 Å². The van der Waals surface area contributed by atoms with Crippen molar-refractivity contribution in [2.75, 3.05) is 31.1 Å². The number of nitrogens with two attached hydrogens (primary N) is 2. The summed E-state index contributed by atoms with van der Waals surface area (Å²) < 4.78 is 0. The van der Waals surface area contributed by atoms with Crippen molar-refractivity contribution in [2.45, 2.75) is 84.0 Å². The highest BCUT2D eigenvalue weighted by Gasteiger charge is 2.38. The van der Waals surface area contributed by atoms with Crippen molar-refractivity contribution in [3.63, 3.8) is 0 Å². The molecule has 4 atom stereocenters. The Kier molecular flexibility index (Phi) is 9.82. The van der Waals surface area contributed by atoms with Crippen molar-refractivity contribution >= 4 is 29.5 Å². The number of rotatable bonds is 11. The number of carbonyl (C=O) groups is 4. The molecule has 2 unspecified atom stereocenters. The number of amides is 4. The number of carboxylic acid groups (broad SMARTS) is 1. The molecule has 39 heavy (non-hydrogen) atoms. The molecule has 1 aromatic carbocycles. The molecule has 0 aromatic heterocycles. The first-order chi connectivity index (χ1) is 18.3. The molecule has 0 bridgehead atoms. The highest BCUT2D eigenvalue weighted by Crippen LogP contribution is 2.27. The third-order valence-corrected chi connectivity index (χ3v) is 7.42. The van der Waals surface area contributed by atoms with Crippen molar-refractivity contribution in [3.8, 4) is 0 Å². The molecule has 1 aromatic rings. The van der Waals surface area contributed by atoms with E-state index in [4.69, 9.17) is 11.5 Å². The van der Waals surface area contributed by atoms with Crippen LogP contribution < -0.4 is 21.7 Å². The molecule has 0 spiro atoms. The third-order valence-electron chi connectivity index (χ3n) is 7.42. The van der Waals surface area contributed by atoms with E-state index in [0.29, 0.717) is 25.8 Å². The number of nitrogens with zero attached hydrogens (tertiary/aromatic N) is 3. The predicted molar refractivity (Wildman–Crippen MR) is 149 cm³/mol. The summed E-state index contributed by atoms with van der Waals surface area (Å²) in [6.45, 7) is 9.92. The average Bonchev–Trinajstić information content (AvgIpc) is 3.23. The maximum Gasteiger partial charge on any atom is 0.408 e. The van der Waals surface area contributed by atoms with Gasteiger partial charge in [-0.15, -0.1) is 0 Å². The van der Waals surface area contributed by atoms with Crippen LogP contribution in [0.5, 0.6) is 0 Å². The average molecular weight is 545 g/mol. The fourth-order valence-corrected chi connectivity index (χ4v) is 5.51. The summed E-state index contributed by atoms with van der Waals surface area (Å²) in [7, 11) is 0. The number of nitrogens with one attached hydrogen (secondary N) is 1. The van der Waals surface area contributed by atoms with Gasteiger partial charge in [-0.3, -0.25) is 19.3 Å². The molecular formula is C28H44N6O5. The molecule has 2 fully saturated rings. The Morgan fingerprint density at radius 1 is 1.18 bits per heavy atom. The first kappa shape index (κ1) is 30.2. The number of fused-ring (bicyclic) bond motifs is 1. The lowest BCUT2D eigenvalue weighted by Gasteiger charge is -2.39. The second-order valence-electron chi connectivity index (χ2n) is 11.9. The summed E-state index contributed by atoms with van der Waals surface area (Å²) in [5, 5.41) is 12.6. The molecule has 0 radical (unpaired) electrons. The fourth-order valence-electron chi connectivity index (χ4n) is 5.51. The van der Waals surface area contributed by atoms with Gasteiger partial charge in [-0.05, 0) is 36.0 Å². The molecule has 11 heteroatoms. The van der Waals surface area contributed by atoms with Gasteiger partial charge in [0.1, 0.15) is 12.1 Å². The third kappa shape index (κ3) is 7.84. The van der Waals surface area contributed by atoms with Crippen molar-refractivity contribution in [1.29, 1.82) is 0 Å². The summed E-state index contributed by atoms with van der Waals surface area (Å²) in [5.41, 5.74) is 13.4. The van der Waals surface area contributed by atoms with Crippen LogP contribution in [0.4, 0.5) is 10.5 Å². The van der Waals surface area contributed by atoms with Crippen molar-refractivity contribution < 1.29 is 24.3 Å². The summed E-state index contributed by atoms with van der Waals surface area (Å²) >= 11 is 0. The summed E-state index contributed by atoms with van der Waals surface area (Å²) in [6, 6.07) is 5.05. The van der Waals surface area contributed by atoms with E-state index in [1.807, 2.05) is 56.9 Å². The van der Waals surface area contributed by atoms with Crippen LogP contribution in [-0.4, -0.2) is 89.1 Å². The van der Waals surface area contributed by atoms with Gasteiger partial charge in [0.2, 0.25) is 17.7 Å². The van der Waals surface area contributed by atoms with Crippen molar-refractivity contribution in [2.24, 2.45) is 16.9 Å². The minimum absolute atomic E-state index is 0.101. The smallest absolute Gasteiger partial charge is 0.408 e. The zero-order valence-corrected chi connectivity index (χ0v) is 23.6. The Morgan fingerprint density at radius 3 is 2.41 bits per heavy atom. The Bertz CT molecular complexity index is 1040. The molecule has 2 heterocycles. The van der Waals surface area contributed by atoms with Crippen LogP contribution in [0, 0.1) is 5.41 Å². The van der Waals surface area contributed by atoms with Gasteiger partial charge in [0.05, 0.1) is 0 Å². The second kappa shape index (κ2) is 12.7. The lowest BCUT2D eigenvalue weighted by Crippen LogP contribution is -2.61. The Balaban J connectivity index is 1.71. The normalized spacial score (nSPS) is 19.7. The minimum Gasteiger partial charge on any atom is -0.465 e. The quantitative estimate of drug-likeness (QED) is 0.328. The topological polar surface area (TPSA) is 162 Å². The van der Waals surface area contributed by atoms with E-state index in [-0.39, 0.29) is 24.9 Å². The molecule has 2 saturated heterocycles. The van der Waals surface area contributed by atoms with Gasteiger partial charge in [-0.2, -0.15) is 0 Å². The largest absolute Gasteiger partial charge is 0.465 e. The molecule has 11 nitrogen and oxygen atoms in total. The van der Waals surface area contributed by atoms with Crippen LogP contribution in [0.15, 0.2) is 24.3 Å². The number of primary amides is 1. The lowest BCUT2D eigenvalue weighted by molar-refractivity contribution is -0.131. The maximum atomic E-state index is 13.4. The number of benzene rings is 1. The standard InChI is InChI=1S/C28H44N6O5/c1-5-6-21(29)24(34(27(38)39)17-28(2,3)4)26(37)31-22(25(30)36)15-18-7-9-19(10-8-18)32-13-14-33-20(16-32)11-12-23(33)35/h7-10,20-22,24H,5-6,11-17,29H2,1-4H3,(H2,30,36)(H,31,37)(H,38,39)/t20?,21-,22?,24+/m1/s1. The highest BCUT2D eigenvalue weighted by atomic mass is 16.4. The molecule has 2 aliphatic rings. The Labute approximate surface area is 230 Å². The number of hydrogen-bond acceptors (Lipinski definition) is 6. The monoisotopic (exact) mass is 544 g/mol. The zero-order chi connectivity index (χ0) is 28.9. The van der Waals surface area contributed by atoms with E-state index in [0.717, 1.165) is 35.7 Å². The van der Waals surface area contributed by atoms with Gasteiger partial charge < -0.3 is 31.7 Å². The van der Waals surface area contributed by atoms with Crippen LogP contribution in [0.25, 0.3) is 0 Å². The van der Waals surface area contributed by atoms with Crippen LogP contribution in [0.2, 0.25) is 0 Å². The van der Waals surface area contributed by atoms with E-state index in [2.05, 4.69) is 10.2 Å². The van der Waals surface area contributed by atoms with Gasteiger partial charge in [-0.25, -0.2) is 4.79 Å². The first-order valence-corrected chi connectivity index (χ1v) is 13.8. The Hall–Kier alpha value is -3.34. The molecule has 0 saturated carbocycles. The first-order valence-electron chi connectivity index (χ1n) is 13.8. The molecule has 3 rings (SSSR count). The van der Waals surface area contributed by atoms with Gasteiger partial charge in [-0.1, -0.05) is 46.2 Å². The van der Waals surface area contributed by atoms with E-state index >= 15 is 0 Å². The molecule has 2 aliphatic heterocycles. The van der Waals surface area contributed by atoms with E-state index in [1.54, 1.807) is 0 Å². The SMILES string of the molecule is CCC[C@@H](N)[C@@H](C(=O)NC(Cc1ccc(N2CCN3C(=O)CCC3C2)cc1)C(N)=O)N(CC(C)(C)C)C(=O)O. The van der Waals surface area contributed by atoms with E-state index in [9.17, 15) is 24.3 Å². The number of anilines is 1. The van der Waals surface area contributed by atoms with Gasteiger partial charge in [0.25, 0.3) is 0 Å². The minimum atomic E-state index is -1.24. The highest BCUT2D eigenvalue weighted by molar-refractivity contribution is 5.91. The lowest BCUT2D eigenvalue weighted by atomic mass is 9.93. The van der Waals surface area contributed by atoms with Gasteiger partial charge >= 0.3 is 6.09 Å². The van der Waals surface area contributed by atoms with Crippen molar-refractivity contribution in [1.82, 2.24) is 15.1 Å². The maximum absolute atomic E-state index is 13.4. The molecular weight excluding hydrogens is 500 g/mol. The Morgan fingerprint density at radius 2 is 1.85 bits per heavy atom. The predicted octanol–water partition coefficient (Wildman–Crippen LogP) is 1.53. The fraction of sp³-hybridized carbons (Fsp3) is 0.643. The summed E-state index contributed by atoms with van der Waals surface area (Å²) in [4.78, 5) is 55.2.